The minimum absolute atomic E-state index is 0.196. The summed E-state index contributed by atoms with van der Waals surface area (Å²) in [5.74, 6) is 1.02. The van der Waals surface area contributed by atoms with Gasteiger partial charge < -0.3 is 9.84 Å². The van der Waals surface area contributed by atoms with Gasteiger partial charge in [0.05, 0.1) is 23.7 Å². The zero-order valence-electron chi connectivity index (χ0n) is 11.7. The average molecular weight is 375 g/mol. The predicted molar refractivity (Wildman–Crippen MR) is 84.5 cm³/mol. The van der Waals surface area contributed by atoms with Gasteiger partial charge in [-0.2, -0.15) is 0 Å². The van der Waals surface area contributed by atoms with Crippen LogP contribution in [0.15, 0.2) is 16.6 Å². The maximum absolute atomic E-state index is 12.1. The fourth-order valence-corrected chi connectivity index (χ4v) is 5.83. The van der Waals surface area contributed by atoms with E-state index in [-0.39, 0.29) is 5.75 Å². The minimum Gasteiger partial charge on any atom is -0.493 e. The highest BCUT2D eigenvalue weighted by atomic mass is 79.9. The molecule has 0 aromatic heterocycles. The van der Waals surface area contributed by atoms with E-state index in [9.17, 15) is 13.5 Å². The van der Waals surface area contributed by atoms with Crippen LogP contribution in [0.1, 0.15) is 30.4 Å². The lowest BCUT2D eigenvalue weighted by molar-refractivity contribution is 0.161. The Hall–Kier alpha value is -0.590. The van der Waals surface area contributed by atoms with Gasteiger partial charge in [-0.1, -0.05) is 22.4 Å². The SMILES string of the molecule is O=S1(=O)CCCCC1C(O)Cc1cc(Br)cc2c1OCC2. The molecule has 1 aromatic rings. The summed E-state index contributed by atoms with van der Waals surface area (Å²) in [6.45, 7) is 0.649. The molecular weight excluding hydrogens is 356 g/mol. The standard InChI is InChI=1S/C15H19BrO4S/c16-12-7-10-4-5-20-15(10)11(8-12)9-13(17)14-3-1-2-6-21(14,18)19/h7-8,13-14,17H,1-6,9H2. The van der Waals surface area contributed by atoms with Crippen molar-refractivity contribution in [2.24, 2.45) is 0 Å². The van der Waals surface area contributed by atoms with Gasteiger partial charge in [-0.3, -0.25) is 0 Å². The third kappa shape index (κ3) is 3.12. The zero-order chi connectivity index (χ0) is 15.0. The van der Waals surface area contributed by atoms with Crippen molar-refractivity contribution in [2.75, 3.05) is 12.4 Å². The fraction of sp³-hybridized carbons (Fsp3) is 0.600. The van der Waals surface area contributed by atoms with Crippen molar-refractivity contribution in [1.29, 1.82) is 0 Å². The number of aliphatic hydroxyl groups is 1. The molecule has 2 aliphatic rings. The van der Waals surface area contributed by atoms with E-state index in [1.807, 2.05) is 12.1 Å². The van der Waals surface area contributed by atoms with Gasteiger partial charge in [-0.15, -0.1) is 0 Å². The molecule has 0 radical (unpaired) electrons. The number of sulfone groups is 1. The molecule has 0 bridgehead atoms. The molecule has 3 rings (SSSR count). The van der Waals surface area contributed by atoms with E-state index in [2.05, 4.69) is 15.9 Å². The molecule has 1 aromatic carbocycles. The lowest BCUT2D eigenvalue weighted by Gasteiger charge is -2.27. The van der Waals surface area contributed by atoms with Crippen LogP contribution in [0.2, 0.25) is 0 Å². The van der Waals surface area contributed by atoms with Crippen LogP contribution >= 0.6 is 15.9 Å². The Morgan fingerprint density at radius 2 is 2.19 bits per heavy atom. The summed E-state index contributed by atoms with van der Waals surface area (Å²) in [5, 5.41) is 9.80. The van der Waals surface area contributed by atoms with Crippen LogP contribution < -0.4 is 4.74 Å². The van der Waals surface area contributed by atoms with Crippen LogP contribution in [0, 0.1) is 0 Å². The van der Waals surface area contributed by atoms with E-state index in [1.165, 1.54) is 0 Å². The second kappa shape index (κ2) is 5.89. The summed E-state index contributed by atoms with van der Waals surface area (Å²) in [7, 11) is -3.17. The van der Waals surface area contributed by atoms with Gasteiger partial charge in [0.15, 0.2) is 9.84 Å². The van der Waals surface area contributed by atoms with Gasteiger partial charge in [0.2, 0.25) is 0 Å². The number of rotatable bonds is 3. The van der Waals surface area contributed by atoms with E-state index in [0.29, 0.717) is 25.9 Å². The van der Waals surface area contributed by atoms with Crippen molar-refractivity contribution in [3.8, 4) is 5.75 Å². The molecule has 0 aliphatic carbocycles. The van der Waals surface area contributed by atoms with Crippen LogP contribution in [0.4, 0.5) is 0 Å². The van der Waals surface area contributed by atoms with E-state index >= 15 is 0 Å². The van der Waals surface area contributed by atoms with E-state index < -0.39 is 21.2 Å². The second-order valence-corrected chi connectivity index (χ2v) is 9.08. The summed E-state index contributed by atoms with van der Waals surface area (Å²) in [5.41, 5.74) is 2.02. The van der Waals surface area contributed by atoms with Gasteiger partial charge in [-0.25, -0.2) is 8.42 Å². The molecule has 2 aliphatic heterocycles. The molecule has 6 heteroatoms. The molecule has 1 saturated heterocycles. The van der Waals surface area contributed by atoms with Gasteiger partial charge in [0, 0.05) is 17.3 Å². The summed E-state index contributed by atoms with van der Waals surface area (Å²) < 4.78 is 30.8. The maximum atomic E-state index is 12.1. The fourth-order valence-electron chi connectivity index (χ4n) is 3.27. The number of halogens is 1. The van der Waals surface area contributed by atoms with Crippen molar-refractivity contribution in [1.82, 2.24) is 0 Å². The van der Waals surface area contributed by atoms with Crippen LogP contribution in [-0.4, -0.2) is 37.2 Å². The number of hydrogen-bond donors (Lipinski definition) is 1. The molecule has 2 heterocycles. The minimum atomic E-state index is -3.17. The molecular formula is C15H19BrO4S. The Morgan fingerprint density at radius 3 is 2.95 bits per heavy atom. The summed E-state index contributed by atoms with van der Waals surface area (Å²) in [6.07, 6.45) is 2.46. The Morgan fingerprint density at radius 1 is 1.38 bits per heavy atom. The number of ether oxygens (including phenoxy) is 1. The molecule has 116 valence electrons. The molecule has 2 unspecified atom stereocenters. The number of aliphatic hydroxyl groups excluding tert-OH is 1. The molecule has 4 nitrogen and oxygen atoms in total. The monoisotopic (exact) mass is 374 g/mol. The van der Waals surface area contributed by atoms with Gasteiger partial charge in [0.25, 0.3) is 0 Å². The average Bonchev–Trinajstić information content (AvgIpc) is 2.86. The Labute approximate surface area is 133 Å². The third-order valence-electron chi connectivity index (χ3n) is 4.31. The topological polar surface area (TPSA) is 63.6 Å². The molecule has 2 atom stereocenters. The van der Waals surface area contributed by atoms with E-state index in [1.54, 1.807) is 0 Å². The first kappa shape index (κ1) is 15.3. The van der Waals surface area contributed by atoms with Crippen LogP contribution in [0.3, 0.4) is 0 Å². The zero-order valence-corrected chi connectivity index (χ0v) is 14.1. The van der Waals surface area contributed by atoms with Crippen molar-refractivity contribution in [3.05, 3.63) is 27.7 Å². The highest BCUT2D eigenvalue weighted by Gasteiger charge is 2.35. The van der Waals surface area contributed by atoms with Gasteiger partial charge in [0.1, 0.15) is 5.75 Å². The smallest absolute Gasteiger partial charge is 0.155 e. The quantitative estimate of drug-likeness (QED) is 0.880. The summed E-state index contributed by atoms with van der Waals surface area (Å²) >= 11 is 3.47. The van der Waals surface area contributed by atoms with Crippen molar-refractivity contribution >= 4 is 25.8 Å². The lowest BCUT2D eigenvalue weighted by atomic mass is 9.99. The number of hydrogen-bond acceptors (Lipinski definition) is 4. The molecule has 1 fully saturated rings. The van der Waals surface area contributed by atoms with Crippen LogP contribution in [0.5, 0.6) is 5.75 Å². The van der Waals surface area contributed by atoms with Crippen molar-refractivity contribution in [3.63, 3.8) is 0 Å². The maximum Gasteiger partial charge on any atom is 0.155 e. The molecule has 0 saturated carbocycles. The second-order valence-electron chi connectivity index (χ2n) is 5.82. The Balaban J connectivity index is 1.84. The lowest BCUT2D eigenvalue weighted by Crippen LogP contribution is -2.39. The first-order valence-corrected chi connectivity index (χ1v) is 9.82. The third-order valence-corrected chi connectivity index (χ3v) is 7.10. The molecule has 0 amide bonds. The van der Waals surface area contributed by atoms with Gasteiger partial charge >= 0.3 is 0 Å². The number of benzene rings is 1. The normalized spacial score (nSPS) is 25.1. The predicted octanol–water partition coefficient (Wildman–Crippen LogP) is 2.25. The molecule has 0 spiro atoms. The first-order valence-electron chi connectivity index (χ1n) is 7.31. The Kier molecular flexibility index (Phi) is 4.30. The summed E-state index contributed by atoms with van der Waals surface area (Å²) in [4.78, 5) is 0. The highest BCUT2D eigenvalue weighted by Crippen LogP contribution is 2.35. The van der Waals surface area contributed by atoms with Crippen molar-refractivity contribution < 1.29 is 18.3 Å². The van der Waals surface area contributed by atoms with Crippen LogP contribution in [0.25, 0.3) is 0 Å². The summed E-state index contributed by atoms with van der Waals surface area (Å²) in [6, 6.07) is 3.94. The number of fused-ring (bicyclic) bond motifs is 1. The van der Waals surface area contributed by atoms with Crippen molar-refractivity contribution in [2.45, 2.75) is 43.5 Å². The Bertz CT molecular complexity index is 641. The molecule has 21 heavy (non-hydrogen) atoms. The van der Waals surface area contributed by atoms with Crippen LogP contribution in [-0.2, 0) is 22.7 Å². The van der Waals surface area contributed by atoms with Gasteiger partial charge in [-0.05, 0) is 36.1 Å². The first-order chi connectivity index (χ1) is 9.97. The van der Waals surface area contributed by atoms with E-state index in [4.69, 9.17) is 4.74 Å². The van der Waals surface area contributed by atoms with E-state index in [0.717, 1.165) is 34.2 Å². The molecule has 1 N–H and O–H groups in total. The highest BCUT2D eigenvalue weighted by molar-refractivity contribution is 9.10. The largest absolute Gasteiger partial charge is 0.493 e.